The van der Waals surface area contributed by atoms with Crippen LogP contribution in [0.5, 0.6) is 0 Å². The first-order valence-corrected chi connectivity index (χ1v) is 3.25. The molecule has 1 rings (SSSR count). The third-order valence-corrected chi connectivity index (χ3v) is 1.51. The van der Waals surface area contributed by atoms with Gasteiger partial charge in [0.15, 0.2) is 0 Å². The Balaban J connectivity index is 3.14. The van der Waals surface area contributed by atoms with Crippen molar-refractivity contribution in [2.75, 3.05) is 0 Å². The second kappa shape index (κ2) is 3.05. The van der Waals surface area contributed by atoms with E-state index in [9.17, 15) is 10.1 Å². The van der Waals surface area contributed by atoms with E-state index in [1.165, 1.54) is 10.9 Å². The summed E-state index contributed by atoms with van der Waals surface area (Å²) in [5.74, 6) is 2.34. The molecule has 0 aliphatic rings. The highest BCUT2D eigenvalue weighted by Gasteiger charge is 2.16. The number of terminal acetylenes is 1. The lowest BCUT2D eigenvalue weighted by Gasteiger charge is -1.94. The Kier molecular flexibility index (Phi) is 2.10. The highest BCUT2D eigenvalue weighted by Crippen LogP contribution is 2.16. The van der Waals surface area contributed by atoms with Gasteiger partial charge in [0.2, 0.25) is 0 Å². The summed E-state index contributed by atoms with van der Waals surface area (Å²) >= 11 is 0. The predicted molar refractivity (Wildman–Crippen MR) is 42.4 cm³/mol. The highest BCUT2D eigenvalue weighted by molar-refractivity contribution is 5.35. The zero-order valence-electron chi connectivity index (χ0n) is 6.52. The molecule has 0 N–H and O–H groups in total. The normalized spacial score (nSPS) is 9.33. The van der Waals surface area contributed by atoms with Gasteiger partial charge in [-0.3, -0.25) is 14.8 Å². The van der Waals surface area contributed by atoms with Crippen LogP contribution >= 0.6 is 0 Å². The van der Waals surface area contributed by atoms with Gasteiger partial charge in [0.05, 0.1) is 11.3 Å². The number of aromatic nitrogens is 2. The first-order valence-electron chi connectivity index (χ1n) is 3.25. The molecule has 5 heteroatoms. The largest absolute Gasteiger partial charge is 0.311 e. The molecule has 0 unspecified atom stereocenters. The van der Waals surface area contributed by atoms with E-state index < -0.39 is 4.92 Å². The maximum atomic E-state index is 10.4. The molecule has 0 saturated heterocycles. The first-order chi connectivity index (χ1) is 5.66. The smallest absolute Gasteiger partial charge is 0.264 e. The van der Waals surface area contributed by atoms with Gasteiger partial charge in [-0.05, 0) is 0 Å². The van der Waals surface area contributed by atoms with Crippen molar-refractivity contribution in [3.8, 4) is 12.3 Å². The molecule has 0 radical (unpaired) electrons. The summed E-state index contributed by atoms with van der Waals surface area (Å²) in [5.41, 5.74) is 0.443. The van der Waals surface area contributed by atoms with Crippen LogP contribution in [-0.2, 0) is 13.5 Å². The molecule has 1 heterocycles. The summed E-state index contributed by atoms with van der Waals surface area (Å²) in [6.07, 6.45) is 6.47. The number of hydrogen-bond acceptors (Lipinski definition) is 3. The lowest BCUT2D eigenvalue weighted by Crippen LogP contribution is -1.99. The Labute approximate surface area is 69.2 Å². The fourth-order valence-electron chi connectivity index (χ4n) is 0.905. The van der Waals surface area contributed by atoms with Crippen molar-refractivity contribution in [3.05, 3.63) is 22.0 Å². The van der Waals surface area contributed by atoms with E-state index in [2.05, 4.69) is 11.0 Å². The van der Waals surface area contributed by atoms with Crippen LogP contribution in [-0.4, -0.2) is 14.7 Å². The minimum Gasteiger partial charge on any atom is -0.264 e. The quantitative estimate of drug-likeness (QED) is 0.364. The number of nitro groups is 1. The Morgan fingerprint density at radius 1 is 1.92 bits per heavy atom. The van der Waals surface area contributed by atoms with Gasteiger partial charge < -0.3 is 0 Å². The molecule has 1 aromatic rings. The summed E-state index contributed by atoms with van der Waals surface area (Å²) in [7, 11) is 1.62. The number of nitrogens with zero attached hydrogens (tertiary/aromatic N) is 3. The van der Waals surface area contributed by atoms with Crippen molar-refractivity contribution in [1.82, 2.24) is 9.78 Å². The van der Waals surface area contributed by atoms with E-state index in [4.69, 9.17) is 6.42 Å². The van der Waals surface area contributed by atoms with Crippen molar-refractivity contribution in [3.63, 3.8) is 0 Å². The predicted octanol–water partition coefficient (Wildman–Crippen LogP) is 0.504. The number of hydrogen-bond donors (Lipinski definition) is 0. The lowest BCUT2D eigenvalue weighted by atomic mass is 10.3. The molecule has 5 nitrogen and oxygen atoms in total. The van der Waals surface area contributed by atoms with Crippen LogP contribution in [0.1, 0.15) is 5.69 Å². The Bertz CT molecular complexity index is 348. The molecule has 62 valence electrons. The third kappa shape index (κ3) is 1.27. The summed E-state index contributed by atoms with van der Waals surface area (Å²) in [5, 5.41) is 14.1. The average Bonchev–Trinajstić information content (AvgIpc) is 2.34. The van der Waals surface area contributed by atoms with Crippen LogP contribution in [0.3, 0.4) is 0 Å². The molecule has 0 fully saturated rings. The van der Waals surface area contributed by atoms with Crippen LogP contribution < -0.4 is 0 Å². The van der Waals surface area contributed by atoms with E-state index >= 15 is 0 Å². The summed E-state index contributed by atoms with van der Waals surface area (Å²) < 4.78 is 1.41. The molecule has 0 aliphatic heterocycles. The van der Waals surface area contributed by atoms with Gasteiger partial charge in [0, 0.05) is 7.05 Å². The Morgan fingerprint density at radius 2 is 2.58 bits per heavy atom. The minimum absolute atomic E-state index is 0.0181. The van der Waals surface area contributed by atoms with Crippen molar-refractivity contribution >= 4 is 5.69 Å². The van der Waals surface area contributed by atoms with Crippen LogP contribution in [0.4, 0.5) is 5.69 Å². The molecule has 0 aromatic carbocycles. The Hall–Kier alpha value is -1.83. The van der Waals surface area contributed by atoms with Crippen LogP contribution in [0.15, 0.2) is 6.20 Å². The van der Waals surface area contributed by atoms with E-state index in [0.29, 0.717) is 5.69 Å². The molecule has 0 bridgehead atoms. The maximum Gasteiger partial charge on any atom is 0.311 e. The third-order valence-electron chi connectivity index (χ3n) is 1.51. The molecular weight excluding hydrogens is 158 g/mol. The van der Waals surface area contributed by atoms with Crippen molar-refractivity contribution in [1.29, 1.82) is 0 Å². The van der Waals surface area contributed by atoms with Crippen LogP contribution in [0.25, 0.3) is 0 Å². The molecule has 0 aliphatic carbocycles. The van der Waals surface area contributed by atoms with Crippen LogP contribution in [0.2, 0.25) is 0 Å². The van der Waals surface area contributed by atoms with Gasteiger partial charge in [0.25, 0.3) is 0 Å². The zero-order valence-corrected chi connectivity index (χ0v) is 6.52. The van der Waals surface area contributed by atoms with Crippen molar-refractivity contribution in [2.45, 2.75) is 6.42 Å². The first kappa shape index (κ1) is 8.27. The molecule has 12 heavy (non-hydrogen) atoms. The van der Waals surface area contributed by atoms with E-state index in [0.717, 1.165) is 0 Å². The average molecular weight is 165 g/mol. The topological polar surface area (TPSA) is 61.0 Å². The summed E-state index contributed by atoms with van der Waals surface area (Å²) in [6.45, 7) is 0. The van der Waals surface area contributed by atoms with E-state index in [1.807, 2.05) is 0 Å². The second-order valence-corrected chi connectivity index (χ2v) is 2.24. The summed E-state index contributed by atoms with van der Waals surface area (Å²) in [4.78, 5) is 9.91. The fourth-order valence-corrected chi connectivity index (χ4v) is 0.905. The van der Waals surface area contributed by atoms with Gasteiger partial charge in [-0.2, -0.15) is 5.10 Å². The van der Waals surface area contributed by atoms with Gasteiger partial charge in [0.1, 0.15) is 11.9 Å². The van der Waals surface area contributed by atoms with E-state index in [-0.39, 0.29) is 12.1 Å². The lowest BCUT2D eigenvalue weighted by molar-refractivity contribution is -0.385. The SMILES string of the molecule is C#CCc1c([N+](=O)[O-])cnn1C. The van der Waals surface area contributed by atoms with Crippen LogP contribution in [0, 0.1) is 22.5 Å². The number of rotatable bonds is 2. The zero-order chi connectivity index (χ0) is 9.14. The second-order valence-electron chi connectivity index (χ2n) is 2.24. The standard InChI is InChI=1S/C7H7N3O2/c1-3-4-6-7(10(11)12)5-8-9(6)2/h1,5H,4H2,2H3. The fraction of sp³-hybridized carbons (Fsp3) is 0.286. The molecule has 0 saturated carbocycles. The molecule has 1 aromatic heterocycles. The molecular formula is C7H7N3O2. The Morgan fingerprint density at radius 3 is 3.08 bits per heavy atom. The summed E-state index contributed by atoms with van der Waals surface area (Å²) in [6, 6.07) is 0. The van der Waals surface area contributed by atoms with E-state index in [1.54, 1.807) is 7.05 Å². The van der Waals surface area contributed by atoms with Gasteiger partial charge in [-0.15, -0.1) is 12.3 Å². The number of aryl methyl sites for hydroxylation is 1. The van der Waals surface area contributed by atoms with Crippen molar-refractivity contribution in [2.24, 2.45) is 7.05 Å². The van der Waals surface area contributed by atoms with Crippen molar-refractivity contribution < 1.29 is 4.92 Å². The maximum absolute atomic E-state index is 10.4. The van der Waals surface area contributed by atoms with Gasteiger partial charge in [-0.25, -0.2) is 0 Å². The van der Waals surface area contributed by atoms with Gasteiger partial charge >= 0.3 is 5.69 Å². The molecule has 0 amide bonds. The molecule has 0 atom stereocenters. The molecule has 0 spiro atoms. The monoisotopic (exact) mass is 165 g/mol. The highest BCUT2D eigenvalue weighted by atomic mass is 16.6. The van der Waals surface area contributed by atoms with Gasteiger partial charge in [-0.1, -0.05) is 0 Å². The minimum atomic E-state index is -0.486.